The molecule has 62 valence electrons. The van der Waals surface area contributed by atoms with Crippen molar-refractivity contribution in [3.8, 4) is 0 Å². The van der Waals surface area contributed by atoms with Crippen LogP contribution in [-0.2, 0) is 0 Å². The van der Waals surface area contributed by atoms with Crippen LogP contribution < -0.4 is 0 Å². The maximum Gasteiger partial charge on any atom is 0.151 e. The number of pyridine rings is 1. The summed E-state index contributed by atoms with van der Waals surface area (Å²) in [6, 6.07) is 1.86. The van der Waals surface area contributed by atoms with E-state index in [-0.39, 0.29) is 0 Å². The lowest BCUT2D eigenvalue weighted by molar-refractivity contribution is 1.09. The molecule has 2 heterocycles. The number of rotatable bonds is 0. The van der Waals surface area contributed by atoms with E-state index in [2.05, 4.69) is 20.9 Å². The van der Waals surface area contributed by atoms with E-state index in [0.29, 0.717) is 0 Å². The van der Waals surface area contributed by atoms with Gasteiger partial charge in [0.2, 0.25) is 0 Å². The Labute approximate surface area is 83.3 Å². The van der Waals surface area contributed by atoms with E-state index in [4.69, 9.17) is 11.6 Å². The van der Waals surface area contributed by atoms with E-state index in [1.165, 1.54) is 0 Å². The Morgan fingerprint density at radius 3 is 3.08 bits per heavy atom. The summed E-state index contributed by atoms with van der Waals surface area (Å²) in [6.07, 6.45) is 3.64. The van der Waals surface area contributed by atoms with Crippen LogP contribution in [0, 0.1) is 6.92 Å². The summed E-state index contributed by atoms with van der Waals surface area (Å²) in [6.45, 7) is 1.96. The van der Waals surface area contributed by atoms with E-state index in [9.17, 15) is 0 Å². The van der Waals surface area contributed by atoms with Gasteiger partial charge in [0.15, 0.2) is 5.65 Å². The smallest absolute Gasteiger partial charge is 0.151 e. The highest BCUT2D eigenvalue weighted by molar-refractivity contribution is 9.10. The van der Waals surface area contributed by atoms with E-state index in [1.54, 1.807) is 6.20 Å². The molecule has 2 aromatic rings. The Morgan fingerprint density at radius 2 is 2.33 bits per heavy atom. The molecule has 0 saturated carbocycles. The van der Waals surface area contributed by atoms with Crippen LogP contribution in [0.5, 0.6) is 0 Å². The van der Waals surface area contributed by atoms with Crippen molar-refractivity contribution in [1.29, 1.82) is 0 Å². The van der Waals surface area contributed by atoms with Gasteiger partial charge in [0.05, 0.1) is 9.50 Å². The van der Waals surface area contributed by atoms with Gasteiger partial charge >= 0.3 is 0 Å². The third kappa shape index (κ3) is 1.04. The number of nitrogens with zero attached hydrogens (tertiary/aromatic N) is 2. The van der Waals surface area contributed by atoms with Gasteiger partial charge in [-0.3, -0.25) is 0 Å². The van der Waals surface area contributed by atoms with Gasteiger partial charge in [-0.15, -0.1) is 0 Å². The second kappa shape index (κ2) is 2.75. The molecule has 2 aromatic heterocycles. The van der Waals surface area contributed by atoms with Gasteiger partial charge < -0.3 is 4.40 Å². The van der Waals surface area contributed by atoms with Crippen molar-refractivity contribution in [1.82, 2.24) is 9.38 Å². The molecule has 0 saturated heterocycles. The normalized spacial score (nSPS) is 10.9. The lowest BCUT2D eigenvalue weighted by atomic mass is 10.4. The molecule has 0 radical (unpaired) electrons. The first-order chi connectivity index (χ1) is 5.70. The van der Waals surface area contributed by atoms with Crippen molar-refractivity contribution in [3.63, 3.8) is 0 Å². The number of fused-ring (bicyclic) bond motifs is 1. The number of imidazole rings is 1. The van der Waals surface area contributed by atoms with Crippen LogP contribution in [0.1, 0.15) is 5.69 Å². The first-order valence-corrected chi connectivity index (χ1v) is 4.65. The zero-order chi connectivity index (χ0) is 8.72. The molecule has 0 spiro atoms. The Kier molecular flexibility index (Phi) is 1.85. The van der Waals surface area contributed by atoms with Gasteiger partial charge in [0, 0.05) is 18.1 Å². The largest absolute Gasteiger partial charge is 0.302 e. The maximum atomic E-state index is 5.97. The standard InChI is InChI=1S/C8H6BrClN2/c1-5-7(10)4-6(9)8-11-2-3-12(5)8/h2-4H,1H3. The Balaban J connectivity index is 2.97. The number of hydrogen-bond donors (Lipinski definition) is 0. The molecule has 2 rings (SSSR count). The minimum atomic E-state index is 0.743. The molecule has 0 bridgehead atoms. The molecule has 0 aliphatic heterocycles. The molecule has 0 amide bonds. The van der Waals surface area contributed by atoms with Crippen LogP contribution in [0.4, 0.5) is 0 Å². The summed E-state index contributed by atoms with van der Waals surface area (Å²) in [5.41, 5.74) is 1.91. The Morgan fingerprint density at radius 1 is 1.58 bits per heavy atom. The van der Waals surface area contributed by atoms with Crippen LogP contribution >= 0.6 is 27.5 Å². The van der Waals surface area contributed by atoms with Gasteiger partial charge in [0.25, 0.3) is 0 Å². The van der Waals surface area contributed by atoms with Gasteiger partial charge in [-0.2, -0.15) is 0 Å². The van der Waals surface area contributed by atoms with E-state index >= 15 is 0 Å². The SMILES string of the molecule is Cc1c(Cl)cc(Br)c2nccn12. The van der Waals surface area contributed by atoms with Gasteiger partial charge in [-0.25, -0.2) is 4.98 Å². The molecule has 0 aliphatic carbocycles. The molecular formula is C8H6BrClN2. The van der Waals surface area contributed by atoms with Crippen molar-refractivity contribution in [2.24, 2.45) is 0 Å². The van der Waals surface area contributed by atoms with Crippen LogP contribution in [0.3, 0.4) is 0 Å². The number of aromatic nitrogens is 2. The fraction of sp³-hybridized carbons (Fsp3) is 0.125. The lowest BCUT2D eigenvalue weighted by Gasteiger charge is -2.03. The van der Waals surface area contributed by atoms with Crippen molar-refractivity contribution < 1.29 is 0 Å². The molecule has 0 fully saturated rings. The zero-order valence-electron chi connectivity index (χ0n) is 6.38. The number of aryl methyl sites for hydroxylation is 1. The van der Waals surface area contributed by atoms with E-state index < -0.39 is 0 Å². The van der Waals surface area contributed by atoms with Gasteiger partial charge in [-0.05, 0) is 28.9 Å². The topological polar surface area (TPSA) is 17.3 Å². The molecule has 0 aliphatic rings. The quantitative estimate of drug-likeness (QED) is 0.697. The predicted octanol–water partition coefficient (Wildman–Crippen LogP) is 3.06. The monoisotopic (exact) mass is 244 g/mol. The number of hydrogen-bond acceptors (Lipinski definition) is 1. The van der Waals surface area contributed by atoms with E-state index in [1.807, 2.05) is 23.6 Å². The van der Waals surface area contributed by atoms with Crippen LogP contribution in [0.15, 0.2) is 22.9 Å². The summed E-state index contributed by atoms with van der Waals surface area (Å²) >= 11 is 9.36. The summed E-state index contributed by atoms with van der Waals surface area (Å²) in [4.78, 5) is 4.18. The zero-order valence-corrected chi connectivity index (χ0v) is 8.72. The van der Waals surface area contributed by atoms with Crippen molar-refractivity contribution in [3.05, 3.63) is 33.6 Å². The summed E-state index contributed by atoms with van der Waals surface area (Å²) in [5.74, 6) is 0. The minimum Gasteiger partial charge on any atom is -0.302 e. The molecule has 0 aromatic carbocycles. The molecule has 12 heavy (non-hydrogen) atoms. The third-order valence-electron chi connectivity index (χ3n) is 1.81. The molecule has 0 N–H and O–H groups in total. The summed E-state index contributed by atoms with van der Waals surface area (Å²) in [5, 5.41) is 0.743. The van der Waals surface area contributed by atoms with E-state index in [0.717, 1.165) is 20.8 Å². The second-order valence-electron chi connectivity index (χ2n) is 2.55. The highest BCUT2D eigenvalue weighted by Gasteiger charge is 2.05. The van der Waals surface area contributed by atoms with Crippen LogP contribution in [-0.4, -0.2) is 9.38 Å². The highest BCUT2D eigenvalue weighted by atomic mass is 79.9. The maximum absolute atomic E-state index is 5.97. The molecule has 0 atom stereocenters. The molecular weight excluding hydrogens is 239 g/mol. The molecule has 0 unspecified atom stereocenters. The first kappa shape index (κ1) is 8.08. The fourth-order valence-corrected chi connectivity index (χ4v) is 2.00. The Hall–Kier alpha value is -0.540. The minimum absolute atomic E-state index is 0.743. The van der Waals surface area contributed by atoms with Crippen molar-refractivity contribution in [2.75, 3.05) is 0 Å². The third-order valence-corrected chi connectivity index (χ3v) is 2.78. The van der Waals surface area contributed by atoms with Crippen molar-refractivity contribution >= 4 is 33.2 Å². The molecule has 4 heteroatoms. The van der Waals surface area contributed by atoms with Crippen LogP contribution in [0.25, 0.3) is 5.65 Å². The van der Waals surface area contributed by atoms with Gasteiger partial charge in [-0.1, -0.05) is 11.6 Å². The average molecular weight is 246 g/mol. The fourth-order valence-electron chi connectivity index (χ4n) is 1.15. The number of halogens is 2. The average Bonchev–Trinajstić information content (AvgIpc) is 2.48. The predicted molar refractivity (Wildman–Crippen MR) is 52.6 cm³/mol. The van der Waals surface area contributed by atoms with Gasteiger partial charge in [0.1, 0.15) is 0 Å². The first-order valence-electron chi connectivity index (χ1n) is 3.48. The summed E-state index contributed by atoms with van der Waals surface area (Å²) < 4.78 is 2.87. The van der Waals surface area contributed by atoms with Crippen molar-refractivity contribution in [2.45, 2.75) is 6.92 Å². The highest BCUT2D eigenvalue weighted by Crippen LogP contribution is 2.24. The lowest BCUT2D eigenvalue weighted by Crippen LogP contribution is -1.91. The summed E-state index contributed by atoms with van der Waals surface area (Å²) in [7, 11) is 0. The second-order valence-corrected chi connectivity index (χ2v) is 3.81. The Bertz CT molecular complexity index is 436. The van der Waals surface area contributed by atoms with Crippen LogP contribution in [0.2, 0.25) is 5.02 Å². The molecule has 2 nitrogen and oxygen atoms in total.